The molecule has 9 aromatic carbocycles. The number of hydrogen-bond donors (Lipinski definition) is 0. The Morgan fingerprint density at radius 3 is 1.49 bits per heavy atom. The van der Waals surface area contributed by atoms with Crippen LogP contribution in [0.3, 0.4) is 0 Å². The Morgan fingerprint density at radius 1 is 0.400 bits per heavy atom. The Labute approximate surface area is 383 Å². The summed E-state index contributed by atoms with van der Waals surface area (Å²) in [6, 6.07) is 78.2. The van der Waals surface area contributed by atoms with Gasteiger partial charge in [0.2, 0.25) is 0 Å². The van der Waals surface area contributed by atoms with Crippen molar-refractivity contribution >= 4 is 39.0 Å². The number of benzene rings is 9. The monoisotopic (exact) mass is 839 g/mol. The van der Waals surface area contributed by atoms with Gasteiger partial charge in [0.15, 0.2) is 0 Å². The van der Waals surface area contributed by atoms with Gasteiger partial charge in [-0.05, 0) is 114 Å². The van der Waals surface area contributed by atoms with Crippen LogP contribution in [-0.2, 0) is 16.2 Å². The van der Waals surface area contributed by atoms with Crippen molar-refractivity contribution in [3.63, 3.8) is 0 Å². The summed E-state index contributed by atoms with van der Waals surface area (Å²) in [7, 11) is 0. The van der Waals surface area contributed by atoms with Gasteiger partial charge in [-0.2, -0.15) is 0 Å². The minimum atomic E-state index is -0.567. The molecule has 1 aliphatic rings. The third-order valence-electron chi connectivity index (χ3n) is 13.6. The summed E-state index contributed by atoms with van der Waals surface area (Å²) >= 11 is 0. The maximum absolute atomic E-state index is 6.23. The fourth-order valence-electron chi connectivity index (χ4n) is 10.7. The second kappa shape index (κ2) is 15.4. The van der Waals surface area contributed by atoms with Crippen LogP contribution in [0.1, 0.15) is 74.9 Å². The summed E-state index contributed by atoms with van der Waals surface area (Å²) < 4.78 is 6.23. The zero-order valence-corrected chi connectivity index (χ0v) is 38.1. The molecule has 0 aliphatic heterocycles. The Morgan fingerprint density at radius 2 is 0.892 bits per heavy atom. The van der Waals surface area contributed by atoms with Crippen LogP contribution in [0.2, 0.25) is 0 Å². The van der Waals surface area contributed by atoms with Crippen molar-refractivity contribution < 1.29 is 4.42 Å². The molecule has 0 amide bonds. The maximum Gasteiger partial charge on any atom is 0.135 e. The van der Waals surface area contributed by atoms with E-state index in [2.05, 4.69) is 247 Å². The SMILES string of the molecule is CC(C)(C)c1cc2c(c(N(c3ccc(-c4ccccc4)cc3)c3ccc(-c4ccc5oc6ccccc6c5c4)cc3)c1C(C)(C)C)-c1ccccc1C2(c1ccccc1)c1ccccc1. The van der Waals surface area contributed by atoms with E-state index in [-0.39, 0.29) is 10.8 Å². The summed E-state index contributed by atoms with van der Waals surface area (Å²) in [6.07, 6.45) is 0. The van der Waals surface area contributed by atoms with Gasteiger partial charge in [0.25, 0.3) is 0 Å². The predicted octanol–water partition coefficient (Wildman–Crippen LogP) is 17.3. The molecule has 0 fully saturated rings. The van der Waals surface area contributed by atoms with Crippen molar-refractivity contribution in [2.24, 2.45) is 0 Å². The number of furan rings is 1. The predicted molar refractivity (Wildman–Crippen MR) is 274 cm³/mol. The average Bonchev–Trinajstić information content (AvgIpc) is 3.86. The molecule has 1 aromatic heterocycles. The lowest BCUT2D eigenvalue weighted by molar-refractivity contribution is 0.529. The van der Waals surface area contributed by atoms with Gasteiger partial charge in [-0.25, -0.2) is 0 Å². The molecular formula is C63H53NO. The third kappa shape index (κ3) is 6.62. The summed E-state index contributed by atoms with van der Waals surface area (Å²) in [4.78, 5) is 2.57. The summed E-state index contributed by atoms with van der Waals surface area (Å²) in [5, 5.41) is 2.27. The van der Waals surface area contributed by atoms with Gasteiger partial charge in [-0.1, -0.05) is 211 Å². The molecule has 0 saturated heterocycles. The van der Waals surface area contributed by atoms with E-state index >= 15 is 0 Å². The minimum absolute atomic E-state index is 0.192. The molecule has 0 saturated carbocycles. The van der Waals surface area contributed by atoms with Crippen molar-refractivity contribution in [2.75, 3.05) is 4.90 Å². The van der Waals surface area contributed by atoms with Crippen molar-refractivity contribution in [2.45, 2.75) is 57.8 Å². The van der Waals surface area contributed by atoms with Crippen LogP contribution in [-0.4, -0.2) is 0 Å². The Kier molecular flexibility index (Phi) is 9.55. The second-order valence-electron chi connectivity index (χ2n) is 19.7. The lowest BCUT2D eigenvalue weighted by atomic mass is 9.65. The first-order valence-electron chi connectivity index (χ1n) is 22.9. The fraction of sp³-hybridized carbons (Fsp3) is 0.143. The quantitative estimate of drug-likeness (QED) is 0.159. The Bertz CT molecular complexity index is 3310. The van der Waals surface area contributed by atoms with E-state index in [0.29, 0.717) is 0 Å². The number of para-hydroxylation sites is 1. The van der Waals surface area contributed by atoms with Crippen LogP contribution < -0.4 is 4.90 Å². The first-order chi connectivity index (χ1) is 31.5. The largest absolute Gasteiger partial charge is 0.456 e. The molecule has 10 aromatic rings. The van der Waals surface area contributed by atoms with Crippen molar-refractivity contribution in [1.29, 1.82) is 0 Å². The van der Waals surface area contributed by atoms with Gasteiger partial charge in [-0.15, -0.1) is 0 Å². The number of hydrogen-bond acceptors (Lipinski definition) is 2. The van der Waals surface area contributed by atoms with Crippen LogP contribution in [0, 0.1) is 0 Å². The summed E-state index contributed by atoms with van der Waals surface area (Å²) in [6.45, 7) is 14.3. The van der Waals surface area contributed by atoms with Crippen molar-refractivity contribution in [3.05, 3.63) is 246 Å². The second-order valence-corrected chi connectivity index (χ2v) is 19.7. The van der Waals surface area contributed by atoms with E-state index in [0.717, 1.165) is 44.4 Å². The van der Waals surface area contributed by atoms with Crippen LogP contribution in [0.25, 0.3) is 55.3 Å². The summed E-state index contributed by atoms with van der Waals surface area (Å²) in [5.41, 5.74) is 19.3. The van der Waals surface area contributed by atoms with Crippen molar-refractivity contribution in [3.8, 4) is 33.4 Å². The minimum Gasteiger partial charge on any atom is -0.456 e. The Balaban J connectivity index is 1.22. The number of anilines is 3. The number of nitrogens with zero attached hydrogens (tertiary/aromatic N) is 1. The molecule has 65 heavy (non-hydrogen) atoms. The van der Waals surface area contributed by atoms with Gasteiger partial charge >= 0.3 is 0 Å². The zero-order chi connectivity index (χ0) is 44.5. The topological polar surface area (TPSA) is 16.4 Å². The standard InChI is InChI=1S/C63H53NO/c1-61(2,3)55-41-54-58(51-27-16-18-28-53(51)63(54,46-22-12-8-13-23-46)47-24-14-9-15-25-47)60(59(55)62(4,5)6)64(48-35-30-43(31-36-48)42-20-10-7-11-21-42)49-37-32-44(33-38-49)45-34-39-57-52(40-45)50-26-17-19-29-56(50)65-57/h7-41H,1-6H3. The molecule has 0 spiro atoms. The van der Waals surface area contributed by atoms with Crippen LogP contribution >= 0.6 is 0 Å². The van der Waals surface area contributed by atoms with E-state index in [9.17, 15) is 0 Å². The molecule has 0 unspecified atom stereocenters. The first kappa shape index (κ1) is 40.4. The van der Waals surface area contributed by atoms with Gasteiger partial charge < -0.3 is 9.32 Å². The first-order valence-corrected chi connectivity index (χ1v) is 22.9. The third-order valence-corrected chi connectivity index (χ3v) is 13.6. The van der Waals surface area contributed by atoms with E-state index in [4.69, 9.17) is 4.42 Å². The van der Waals surface area contributed by atoms with Gasteiger partial charge in [0, 0.05) is 27.7 Å². The molecule has 0 N–H and O–H groups in total. The maximum atomic E-state index is 6.23. The molecular weight excluding hydrogens is 787 g/mol. The molecule has 316 valence electrons. The van der Waals surface area contributed by atoms with E-state index in [1.54, 1.807) is 0 Å². The molecule has 1 aliphatic carbocycles. The molecule has 2 nitrogen and oxygen atoms in total. The smallest absolute Gasteiger partial charge is 0.135 e. The Hall–Kier alpha value is -7.42. The molecule has 11 rings (SSSR count). The highest BCUT2D eigenvalue weighted by molar-refractivity contribution is 6.06. The lowest BCUT2D eigenvalue weighted by Gasteiger charge is -2.40. The number of fused-ring (bicyclic) bond motifs is 6. The van der Waals surface area contributed by atoms with Crippen LogP contribution in [0.5, 0.6) is 0 Å². The molecule has 1 heterocycles. The van der Waals surface area contributed by atoms with Gasteiger partial charge in [0.1, 0.15) is 11.2 Å². The molecule has 0 radical (unpaired) electrons. The van der Waals surface area contributed by atoms with Gasteiger partial charge in [0.05, 0.1) is 11.1 Å². The van der Waals surface area contributed by atoms with E-state index < -0.39 is 5.41 Å². The highest BCUT2D eigenvalue weighted by Crippen LogP contribution is 2.62. The van der Waals surface area contributed by atoms with E-state index in [1.165, 1.54) is 61.3 Å². The lowest BCUT2D eigenvalue weighted by Crippen LogP contribution is -2.31. The van der Waals surface area contributed by atoms with Gasteiger partial charge in [-0.3, -0.25) is 0 Å². The number of rotatable bonds is 7. The average molecular weight is 840 g/mol. The van der Waals surface area contributed by atoms with E-state index in [1.807, 2.05) is 12.1 Å². The fourth-order valence-corrected chi connectivity index (χ4v) is 10.7. The zero-order valence-electron chi connectivity index (χ0n) is 38.1. The van der Waals surface area contributed by atoms with Crippen molar-refractivity contribution in [1.82, 2.24) is 0 Å². The molecule has 0 atom stereocenters. The molecule has 2 heteroatoms. The highest BCUT2D eigenvalue weighted by atomic mass is 16.3. The molecule has 0 bridgehead atoms. The summed E-state index contributed by atoms with van der Waals surface area (Å²) in [5.74, 6) is 0. The van der Waals surface area contributed by atoms with Crippen LogP contribution in [0.15, 0.2) is 217 Å². The normalized spacial score (nSPS) is 13.2. The highest BCUT2D eigenvalue weighted by Gasteiger charge is 2.49. The van der Waals surface area contributed by atoms with Crippen LogP contribution in [0.4, 0.5) is 17.1 Å².